The summed E-state index contributed by atoms with van der Waals surface area (Å²) in [6.07, 6.45) is 2.14. The van der Waals surface area contributed by atoms with E-state index in [2.05, 4.69) is 17.3 Å². The molecule has 5 nitrogen and oxygen atoms in total. The molecule has 1 amide bonds. The first kappa shape index (κ1) is 16.9. The number of hydrazine groups is 1. The fourth-order valence-electron chi connectivity index (χ4n) is 2.65. The maximum atomic E-state index is 12.1. The summed E-state index contributed by atoms with van der Waals surface area (Å²) >= 11 is 0. The molecule has 2 aromatic carbocycles. The second-order valence-corrected chi connectivity index (χ2v) is 5.77. The van der Waals surface area contributed by atoms with Crippen LogP contribution in [0.4, 0.5) is 0 Å². The molecular weight excluding hydrogens is 314 g/mol. The van der Waals surface area contributed by atoms with E-state index >= 15 is 0 Å². The van der Waals surface area contributed by atoms with E-state index in [1.807, 2.05) is 48.5 Å². The fraction of sp³-hybridized carbons (Fsp3) is 0.200. The first-order chi connectivity index (χ1) is 12.2. The van der Waals surface area contributed by atoms with Crippen molar-refractivity contribution in [3.8, 4) is 17.0 Å². The number of carbonyl (C=O) groups excluding carboxylic acids is 1. The molecule has 3 N–H and O–H groups in total. The van der Waals surface area contributed by atoms with Crippen molar-refractivity contribution in [2.24, 2.45) is 5.84 Å². The minimum absolute atomic E-state index is 0.334. The van der Waals surface area contributed by atoms with Crippen molar-refractivity contribution in [1.82, 2.24) is 10.4 Å². The molecule has 0 saturated carbocycles. The molecule has 1 aromatic heterocycles. The lowest BCUT2D eigenvalue weighted by Crippen LogP contribution is -2.30. The Bertz CT molecular complexity index is 876. The number of carbonyl (C=O) groups is 1. The largest absolute Gasteiger partial charge is 0.494 e. The van der Waals surface area contributed by atoms with Crippen molar-refractivity contribution in [3.63, 3.8) is 0 Å². The van der Waals surface area contributed by atoms with Crippen LogP contribution >= 0.6 is 0 Å². The molecule has 0 fully saturated rings. The Morgan fingerprint density at radius 1 is 1.16 bits per heavy atom. The zero-order valence-corrected chi connectivity index (χ0v) is 14.2. The third-order valence-electron chi connectivity index (χ3n) is 4.01. The van der Waals surface area contributed by atoms with Crippen LogP contribution in [0.25, 0.3) is 22.2 Å². The standard InChI is InChI=1S/C20H21N3O2/c1-2-3-12-25-15-10-8-14(9-11-15)19-13-17(20(24)23-21)16-6-4-5-7-18(16)22-19/h4-11,13H,2-3,12,21H2,1H3,(H,23,24). The molecule has 0 unspecified atom stereocenters. The quantitative estimate of drug-likeness (QED) is 0.312. The van der Waals surface area contributed by atoms with Gasteiger partial charge in [-0.15, -0.1) is 0 Å². The minimum Gasteiger partial charge on any atom is -0.494 e. The summed E-state index contributed by atoms with van der Waals surface area (Å²) in [6.45, 7) is 2.85. The van der Waals surface area contributed by atoms with Crippen LogP contribution in [0.15, 0.2) is 54.6 Å². The van der Waals surface area contributed by atoms with Crippen LogP contribution in [-0.2, 0) is 0 Å². The number of unbranched alkanes of at least 4 members (excludes halogenated alkanes) is 1. The van der Waals surface area contributed by atoms with Crippen molar-refractivity contribution in [1.29, 1.82) is 0 Å². The number of amides is 1. The second kappa shape index (κ2) is 7.77. The third-order valence-corrected chi connectivity index (χ3v) is 4.01. The molecule has 0 aliphatic heterocycles. The summed E-state index contributed by atoms with van der Waals surface area (Å²) in [5.74, 6) is 5.82. The average Bonchev–Trinajstić information content (AvgIpc) is 2.67. The monoisotopic (exact) mass is 335 g/mol. The van der Waals surface area contributed by atoms with Crippen LogP contribution < -0.4 is 16.0 Å². The normalized spacial score (nSPS) is 10.6. The fourth-order valence-corrected chi connectivity index (χ4v) is 2.65. The number of rotatable bonds is 6. The lowest BCUT2D eigenvalue weighted by Gasteiger charge is -2.10. The number of pyridine rings is 1. The SMILES string of the molecule is CCCCOc1ccc(-c2cc(C(=O)NN)c3ccccc3n2)cc1. The summed E-state index contributed by atoms with van der Waals surface area (Å²) in [7, 11) is 0. The molecule has 3 aromatic rings. The van der Waals surface area contributed by atoms with Gasteiger partial charge in [-0.3, -0.25) is 10.2 Å². The van der Waals surface area contributed by atoms with Crippen LogP contribution in [0.1, 0.15) is 30.1 Å². The Morgan fingerprint density at radius 3 is 2.64 bits per heavy atom. The number of nitrogens with zero attached hydrogens (tertiary/aromatic N) is 1. The van der Waals surface area contributed by atoms with Crippen LogP contribution in [0.2, 0.25) is 0 Å². The van der Waals surface area contributed by atoms with Crippen molar-refractivity contribution >= 4 is 16.8 Å². The molecular formula is C20H21N3O2. The number of hydrogen-bond donors (Lipinski definition) is 2. The van der Waals surface area contributed by atoms with Gasteiger partial charge in [0.25, 0.3) is 5.91 Å². The van der Waals surface area contributed by atoms with Gasteiger partial charge in [-0.1, -0.05) is 31.5 Å². The van der Waals surface area contributed by atoms with Gasteiger partial charge in [0.15, 0.2) is 0 Å². The molecule has 128 valence electrons. The molecule has 0 atom stereocenters. The highest BCUT2D eigenvalue weighted by atomic mass is 16.5. The van der Waals surface area contributed by atoms with Gasteiger partial charge >= 0.3 is 0 Å². The van der Waals surface area contributed by atoms with Crippen LogP contribution in [-0.4, -0.2) is 17.5 Å². The van der Waals surface area contributed by atoms with Gasteiger partial charge in [0.05, 0.1) is 23.4 Å². The Labute approximate surface area is 146 Å². The van der Waals surface area contributed by atoms with E-state index in [1.54, 1.807) is 6.07 Å². The van der Waals surface area contributed by atoms with Crippen LogP contribution in [0.5, 0.6) is 5.75 Å². The highest BCUT2D eigenvalue weighted by Crippen LogP contribution is 2.26. The second-order valence-electron chi connectivity index (χ2n) is 5.77. The van der Waals surface area contributed by atoms with Gasteiger partial charge in [-0.05, 0) is 42.8 Å². The Morgan fingerprint density at radius 2 is 1.92 bits per heavy atom. The maximum absolute atomic E-state index is 12.1. The van der Waals surface area contributed by atoms with Gasteiger partial charge in [0.2, 0.25) is 0 Å². The van der Waals surface area contributed by atoms with Gasteiger partial charge < -0.3 is 4.74 Å². The van der Waals surface area contributed by atoms with E-state index in [1.165, 1.54) is 0 Å². The smallest absolute Gasteiger partial charge is 0.265 e. The van der Waals surface area contributed by atoms with Crippen molar-refractivity contribution in [2.75, 3.05) is 6.61 Å². The van der Waals surface area contributed by atoms with E-state index < -0.39 is 0 Å². The third kappa shape index (κ3) is 3.78. The predicted molar refractivity (Wildman–Crippen MR) is 99.2 cm³/mol. The number of nitrogens with one attached hydrogen (secondary N) is 1. The van der Waals surface area contributed by atoms with Crippen LogP contribution in [0.3, 0.4) is 0 Å². The lowest BCUT2D eigenvalue weighted by atomic mass is 10.0. The molecule has 1 heterocycles. The summed E-state index contributed by atoms with van der Waals surface area (Å²) in [5, 5.41) is 0.772. The molecule has 0 saturated heterocycles. The zero-order chi connectivity index (χ0) is 17.6. The zero-order valence-electron chi connectivity index (χ0n) is 14.2. The number of nitrogen functional groups attached to an aromatic ring is 1. The van der Waals surface area contributed by atoms with Gasteiger partial charge in [-0.25, -0.2) is 10.8 Å². The summed E-state index contributed by atoms with van der Waals surface area (Å²) < 4.78 is 5.69. The topological polar surface area (TPSA) is 77.2 Å². The predicted octanol–water partition coefficient (Wildman–Crippen LogP) is 3.68. The van der Waals surface area contributed by atoms with Crippen molar-refractivity contribution < 1.29 is 9.53 Å². The Hall–Kier alpha value is -2.92. The first-order valence-corrected chi connectivity index (χ1v) is 8.37. The van der Waals surface area contributed by atoms with E-state index in [9.17, 15) is 4.79 Å². The molecule has 0 spiro atoms. The summed E-state index contributed by atoms with van der Waals surface area (Å²) in [4.78, 5) is 16.8. The molecule has 0 bridgehead atoms. The molecule has 0 aliphatic carbocycles. The number of para-hydroxylation sites is 1. The Kier molecular flexibility index (Phi) is 5.26. The number of benzene rings is 2. The molecule has 0 radical (unpaired) electrons. The van der Waals surface area contributed by atoms with Crippen LogP contribution in [0, 0.1) is 0 Å². The molecule has 25 heavy (non-hydrogen) atoms. The lowest BCUT2D eigenvalue weighted by molar-refractivity contribution is 0.0955. The summed E-state index contributed by atoms with van der Waals surface area (Å²) in [6, 6.07) is 17.0. The molecule has 5 heteroatoms. The van der Waals surface area contributed by atoms with Gasteiger partial charge in [-0.2, -0.15) is 0 Å². The number of fused-ring (bicyclic) bond motifs is 1. The minimum atomic E-state index is -0.334. The molecule has 3 rings (SSSR count). The van der Waals surface area contributed by atoms with E-state index in [0.29, 0.717) is 12.2 Å². The van der Waals surface area contributed by atoms with E-state index in [-0.39, 0.29) is 5.91 Å². The van der Waals surface area contributed by atoms with E-state index in [4.69, 9.17) is 10.6 Å². The highest BCUT2D eigenvalue weighted by molar-refractivity contribution is 6.06. The van der Waals surface area contributed by atoms with Gasteiger partial charge in [0, 0.05) is 10.9 Å². The van der Waals surface area contributed by atoms with Crippen molar-refractivity contribution in [2.45, 2.75) is 19.8 Å². The van der Waals surface area contributed by atoms with Gasteiger partial charge in [0.1, 0.15) is 5.75 Å². The number of ether oxygens (including phenoxy) is 1. The number of aromatic nitrogens is 1. The first-order valence-electron chi connectivity index (χ1n) is 8.37. The number of nitrogens with two attached hydrogens (primary N) is 1. The average molecular weight is 335 g/mol. The van der Waals surface area contributed by atoms with Crippen molar-refractivity contribution in [3.05, 3.63) is 60.2 Å². The Balaban J connectivity index is 1.96. The maximum Gasteiger partial charge on any atom is 0.265 e. The summed E-state index contributed by atoms with van der Waals surface area (Å²) in [5.41, 5.74) is 5.10. The molecule has 0 aliphatic rings. The van der Waals surface area contributed by atoms with E-state index in [0.717, 1.165) is 40.8 Å². The highest BCUT2D eigenvalue weighted by Gasteiger charge is 2.13. The number of hydrogen-bond acceptors (Lipinski definition) is 4.